The van der Waals surface area contributed by atoms with E-state index in [4.69, 9.17) is 5.10 Å². The number of anilines is 2. The number of nitrogens with one attached hydrogen (secondary N) is 2. The minimum Gasteiger partial charge on any atom is -0.372 e. The average molecular weight is 566 g/mol. The lowest BCUT2D eigenvalue weighted by molar-refractivity contribution is -0.125. The number of likely N-dealkylation sites (N-methyl/N-ethyl adjacent to an activating group) is 1. The molecular formula is C31H35N9O2. The van der Waals surface area contributed by atoms with Crippen LogP contribution in [-0.2, 0) is 4.79 Å². The third kappa shape index (κ3) is 5.47. The molecule has 216 valence electrons. The van der Waals surface area contributed by atoms with Crippen molar-refractivity contribution in [3.63, 3.8) is 0 Å². The molecule has 6 rings (SSSR count). The summed E-state index contributed by atoms with van der Waals surface area (Å²) in [5.74, 6) is 1.95. The molecule has 2 N–H and O–H groups in total. The quantitative estimate of drug-likeness (QED) is 0.310. The number of fused-ring (bicyclic) bond motifs is 2. The van der Waals surface area contributed by atoms with Gasteiger partial charge in [0.2, 0.25) is 5.91 Å². The van der Waals surface area contributed by atoms with Crippen LogP contribution in [-0.4, -0.2) is 87.1 Å². The highest BCUT2D eigenvalue weighted by molar-refractivity contribution is 6.04. The van der Waals surface area contributed by atoms with Crippen LogP contribution < -0.4 is 10.6 Å². The molecule has 1 saturated carbocycles. The molecular weight excluding hydrogens is 530 g/mol. The third-order valence-corrected chi connectivity index (χ3v) is 8.17. The fourth-order valence-corrected chi connectivity index (χ4v) is 6.14. The van der Waals surface area contributed by atoms with Crippen molar-refractivity contribution in [1.29, 1.82) is 0 Å². The highest BCUT2D eigenvalue weighted by Gasteiger charge is 2.43. The first kappa shape index (κ1) is 27.5. The number of amides is 2. The minimum absolute atomic E-state index is 0.0955. The molecule has 11 nitrogen and oxygen atoms in total. The van der Waals surface area contributed by atoms with E-state index in [1.165, 1.54) is 0 Å². The molecule has 2 fully saturated rings. The SMILES string of the molecule is CNc1ncnc2c1c(-c1ccc(C(=O)Nc3ccccn3)cc1)nn2C1CC2CN(C(=O)/C=C/CN(C)C)CC2C1. The molecule has 4 heterocycles. The zero-order valence-corrected chi connectivity index (χ0v) is 24.1. The van der Waals surface area contributed by atoms with Crippen LogP contribution in [0.2, 0.25) is 0 Å². The Kier molecular flexibility index (Phi) is 7.66. The van der Waals surface area contributed by atoms with Gasteiger partial charge in [-0.3, -0.25) is 9.59 Å². The van der Waals surface area contributed by atoms with Crippen molar-refractivity contribution in [1.82, 2.24) is 34.5 Å². The van der Waals surface area contributed by atoms with Crippen molar-refractivity contribution in [3.8, 4) is 11.3 Å². The predicted octanol–water partition coefficient (Wildman–Crippen LogP) is 3.71. The lowest BCUT2D eigenvalue weighted by Crippen LogP contribution is -2.28. The van der Waals surface area contributed by atoms with E-state index in [1.54, 1.807) is 42.9 Å². The molecule has 1 aromatic carbocycles. The molecule has 1 aliphatic carbocycles. The number of rotatable bonds is 8. The van der Waals surface area contributed by atoms with E-state index in [2.05, 4.69) is 30.3 Å². The molecule has 2 aliphatic rings. The molecule has 4 aromatic rings. The Morgan fingerprint density at radius 3 is 2.45 bits per heavy atom. The van der Waals surface area contributed by atoms with E-state index in [1.807, 2.05) is 55.2 Å². The van der Waals surface area contributed by atoms with Crippen molar-refractivity contribution in [2.45, 2.75) is 18.9 Å². The Morgan fingerprint density at radius 2 is 1.79 bits per heavy atom. The largest absolute Gasteiger partial charge is 0.372 e. The Balaban J connectivity index is 1.22. The number of benzene rings is 1. The molecule has 0 bridgehead atoms. The fourth-order valence-electron chi connectivity index (χ4n) is 6.14. The maximum absolute atomic E-state index is 12.8. The van der Waals surface area contributed by atoms with Gasteiger partial charge in [-0.05, 0) is 63.0 Å². The smallest absolute Gasteiger partial charge is 0.256 e. The average Bonchev–Trinajstić information content (AvgIpc) is 3.69. The Hall–Kier alpha value is -4.64. The van der Waals surface area contributed by atoms with Gasteiger partial charge < -0.3 is 20.4 Å². The van der Waals surface area contributed by atoms with Crippen molar-refractivity contribution in [3.05, 3.63) is 72.7 Å². The number of carbonyl (C=O) groups is 2. The van der Waals surface area contributed by atoms with Crippen LogP contribution in [0.25, 0.3) is 22.3 Å². The van der Waals surface area contributed by atoms with E-state index in [9.17, 15) is 9.59 Å². The number of hydrogen-bond donors (Lipinski definition) is 2. The summed E-state index contributed by atoms with van der Waals surface area (Å²) in [7, 11) is 5.82. The van der Waals surface area contributed by atoms with Crippen LogP contribution in [0.4, 0.5) is 11.6 Å². The lowest BCUT2D eigenvalue weighted by atomic mass is 10.0. The zero-order valence-electron chi connectivity index (χ0n) is 24.1. The van der Waals surface area contributed by atoms with Gasteiger partial charge in [0.1, 0.15) is 23.7 Å². The summed E-state index contributed by atoms with van der Waals surface area (Å²) in [6.45, 7) is 2.30. The lowest BCUT2D eigenvalue weighted by Gasteiger charge is -2.18. The molecule has 42 heavy (non-hydrogen) atoms. The topological polar surface area (TPSA) is 121 Å². The van der Waals surface area contributed by atoms with Gasteiger partial charge in [0, 0.05) is 50.1 Å². The van der Waals surface area contributed by atoms with Gasteiger partial charge in [0.25, 0.3) is 5.91 Å². The summed E-state index contributed by atoms with van der Waals surface area (Å²) >= 11 is 0. The van der Waals surface area contributed by atoms with Gasteiger partial charge in [-0.1, -0.05) is 24.3 Å². The number of hydrogen-bond acceptors (Lipinski definition) is 8. The van der Waals surface area contributed by atoms with Crippen molar-refractivity contribution >= 4 is 34.5 Å². The van der Waals surface area contributed by atoms with Gasteiger partial charge in [0.15, 0.2) is 5.65 Å². The molecule has 1 saturated heterocycles. The highest BCUT2D eigenvalue weighted by atomic mass is 16.2. The van der Waals surface area contributed by atoms with Crippen LogP contribution in [0.5, 0.6) is 0 Å². The molecule has 0 radical (unpaired) electrons. The second kappa shape index (κ2) is 11.7. The molecule has 2 unspecified atom stereocenters. The first-order chi connectivity index (χ1) is 20.4. The first-order valence-electron chi connectivity index (χ1n) is 14.2. The zero-order chi connectivity index (χ0) is 29.2. The first-order valence-corrected chi connectivity index (χ1v) is 14.2. The van der Waals surface area contributed by atoms with Crippen LogP contribution in [0.1, 0.15) is 29.2 Å². The molecule has 3 aromatic heterocycles. The summed E-state index contributed by atoms with van der Waals surface area (Å²) in [4.78, 5) is 42.8. The van der Waals surface area contributed by atoms with Crippen LogP contribution in [0, 0.1) is 11.8 Å². The Labute approximate surface area is 244 Å². The maximum atomic E-state index is 12.8. The molecule has 2 amide bonds. The standard InChI is InChI=1S/C31H35N9O2/c1-32-29-27-28(20-9-11-21(12-10-20)31(42)36-25-7-4-5-13-33-25)37-40(30(27)35-19-34-29)24-15-22-17-39(18-23(22)16-24)26(41)8-6-14-38(2)3/h4-13,19,22-24H,14-18H2,1-3H3,(H,32,34,35)(H,33,36,42)/b8-6+. The summed E-state index contributed by atoms with van der Waals surface area (Å²) in [6, 6.07) is 13.0. The van der Waals surface area contributed by atoms with Crippen molar-refractivity contribution in [2.75, 3.05) is 51.4 Å². The van der Waals surface area contributed by atoms with Gasteiger partial charge >= 0.3 is 0 Å². The van der Waals surface area contributed by atoms with E-state index in [0.717, 1.165) is 54.8 Å². The fraction of sp³-hybridized carbons (Fsp3) is 0.355. The number of pyridine rings is 1. The molecule has 2 atom stereocenters. The van der Waals surface area contributed by atoms with Gasteiger partial charge in [-0.2, -0.15) is 5.10 Å². The Morgan fingerprint density at radius 1 is 1.02 bits per heavy atom. The maximum Gasteiger partial charge on any atom is 0.256 e. The van der Waals surface area contributed by atoms with Crippen LogP contribution in [0.15, 0.2) is 67.1 Å². The summed E-state index contributed by atoms with van der Waals surface area (Å²) < 4.78 is 2.05. The predicted molar refractivity (Wildman–Crippen MR) is 162 cm³/mol. The molecule has 0 spiro atoms. The number of carbonyl (C=O) groups excluding carboxylic acids is 2. The van der Waals surface area contributed by atoms with E-state index in [0.29, 0.717) is 29.0 Å². The monoisotopic (exact) mass is 565 g/mol. The Bertz CT molecular complexity index is 1600. The van der Waals surface area contributed by atoms with Gasteiger partial charge in [0.05, 0.1) is 11.4 Å². The second-order valence-electron chi connectivity index (χ2n) is 11.3. The number of aromatic nitrogens is 5. The molecule has 11 heteroatoms. The van der Waals surface area contributed by atoms with Gasteiger partial charge in [-0.25, -0.2) is 19.6 Å². The third-order valence-electron chi connectivity index (χ3n) is 8.17. The summed E-state index contributed by atoms with van der Waals surface area (Å²) in [6.07, 6.45) is 8.72. The van der Waals surface area contributed by atoms with E-state index < -0.39 is 0 Å². The summed E-state index contributed by atoms with van der Waals surface area (Å²) in [5.41, 5.74) is 2.95. The van der Waals surface area contributed by atoms with E-state index >= 15 is 0 Å². The van der Waals surface area contributed by atoms with Gasteiger partial charge in [-0.15, -0.1) is 0 Å². The minimum atomic E-state index is -0.229. The summed E-state index contributed by atoms with van der Waals surface area (Å²) in [5, 5.41) is 12.0. The molecule has 1 aliphatic heterocycles. The second-order valence-corrected chi connectivity index (χ2v) is 11.3. The normalized spacial score (nSPS) is 20.0. The van der Waals surface area contributed by atoms with E-state index in [-0.39, 0.29) is 17.9 Å². The number of likely N-dealkylation sites (tertiary alicyclic amines) is 1. The van der Waals surface area contributed by atoms with Crippen LogP contribution >= 0.6 is 0 Å². The van der Waals surface area contributed by atoms with Crippen molar-refractivity contribution < 1.29 is 9.59 Å². The highest BCUT2D eigenvalue weighted by Crippen LogP contribution is 2.45. The number of nitrogens with zero attached hydrogens (tertiary/aromatic N) is 7. The van der Waals surface area contributed by atoms with Crippen LogP contribution in [0.3, 0.4) is 0 Å². The van der Waals surface area contributed by atoms with Crippen molar-refractivity contribution in [2.24, 2.45) is 11.8 Å².